The summed E-state index contributed by atoms with van der Waals surface area (Å²) in [5.74, 6) is 1.36. The highest BCUT2D eigenvalue weighted by atomic mass is 16.7. The van der Waals surface area contributed by atoms with Crippen molar-refractivity contribution in [1.29, 1.82) is 0 Å². The van der Waals surface area contributed by atoms with Crippen molar-refractivity contribution < 1.29 is 19.5 Å². The average Bonchev–Trinajstić information content (AvgIpc) is 3.66. The van der Waals surface area contributed by atoms with Crippen LogP contribution in [0.5, 0.6) is 0 Å². The maximum absolute atomic E-state index is 10.9. The van der Waals surface area contributed by atoms with Crippen molar-refractivity contribution in [2.75, 3.05) is 47.0 Å². The Hall–Kier alpha value is -0.320. The molecule has 0 radical (unpaired) electrons. The van der Waals surface area contributed by atoms with Crippen LogP contribution < -0.4 is 0 Å². The summed E-state index contributed by atoms with van der Waals surface area (Å²) in [4.78, 5) is 11.5. The SMILES string of the molecule is CCCON1C(C)(C)C2C(C1(C)C)C2(OC)N1CCN(C2(OC)C3C2C(C)(C)N(O)C3(C)C)CC1. The molecular weight excluding hydrogens is 444 g/mol. The zero-order valence-electron chi connectivity index (χ0n) is 24.0. The molecule has 4 unspecified atom stereocenters. The lowest BCUT2D eigenvalue weighted by molar-refractivity contribution is -0.278. The topological polar surface area (TPSA) is 60.9 Å². The quantitative estimate of drug-likeness (QED) is 0.579. The first-order valence-corrected chi connectivity index (χ1v) is 13.7. The number of piperidine rings is 2. The Morgan fingerprint density at radius 3 is 1.31 bits per heavy atom. The van der Waals surface area contributed by atoms with E-state index in [2.05, 4.69) is 77.2 Å². The summed E-state index contributed by atoms with van der Waals surface area (Å²) in [5, 5.41) is 14.7. The Balaban J connectivity index is 1.34. The Bertz CT molecular complexity index is 806. The van der Waals surface area contributed by atoms with E-state index in [0.29, 0.717) is 11.8 Å². The van der Waals surface area contributed by atoms with Crippen molar-refractivity contribution in [2.45, 2.75) is 102 Å². The molecule has 8 heteroatoms. The monoisotopic (exact) mass is 494 g/mol. The molecule has 4 atom stereocenters. The van der Waals surface area contributed by atoms with Crippen LogP contribution in [-0.2, 0) is 14.3 Å². The molecule has 2 saturated carbocycles. The summed E-state index contributed by atoms with van der Waals surface area (Å²) < 4.78 is 12.8. The van der Waals surface area contributed by atoms with Crippen LogP contribution in [0.1, 0.15) is 68.7 Å². The van der Waals surface area contributed by atoms with E-state index in [4.69, 9.17) is 14.3 Å². The largest absolute Gasteiger partial charge is 0.363 e. The van der Waals surface area contributed by atoms with Gasteiger partial charge in [-0.1, -0.05) is 6.92 Å². The lowest BCUT2D eigenvalue weighted by Crippen LogP contribution is -2.65. The van der Waals surface area contributed by atoms with Gasteiger partial charge in [-0.05, 0) is 61.8 Å². The molecule has 1 N–H and O–H groups in total. The molecule has 3 aliphatic heterocycles. The Kier molecular flexibility index (Phi) is 5.73. The van der Waals surface area contributed by atoms with E-state index in [0.717, 1.165) is 39.2 Å². The van der Waals surface area contributed by atoms with Gasteiger partial charge < -0.3 is 14.7 Å². The first kappa shape index (κ1) is 26.3. The third kappa shape index (κ3) is 2.92. The van der Waals surface area contributed by atoms with E-state index < -0.39 is 0 Å². The maximum atomic E-state index is 10.9. The molecule has 0 spiro atoms. The minimum absolute atomic E-state index is 0.101. The van der Waals surface area contributed by atoms with E-state index in [9.17, 15) is 5.21 Å². The number of ether oxygens (including phenoxy) is 2. The van der Waals surface area contributed by atoms with Crippen LogP contribution in [0.15, 0.2) is 0 Å². The minimum atomic E-state index is -0.321. The summed E-state index contributed by atoms with van der Waals surface area (Å²) >= 11 is 0. The first-order chi connectivity index (χ1) is 16.2. The van der Waals surface area contributed by atoms with Crippen LogP contribution in [0.4, 0.5) is 0 Å². The van der Waals surface area contributed by atoms with Crippen molar-refractivity contribution in [1.82, 2.24) is 19.9 Å². The molecule has 0 amide bonds. The van der Waals surface area contributed by atoms with Crippen LogP contribution in [0.25, 0.3) is 0 Å². The summed E-state index contributed by atoms with van der Waals surface area (Å²) in [5.41, 5.74) is -1.39. The average molecular weight is 495 g/mol. The molecule has 0 bridgehead atoms. The highest BCUT2D eigenvalue weighted by Gasteiger charge is 2.86. The molecule has 35 heavy (non-hydrogen) atoms. The van der Waals surface area contributed by atoms with Gasteiger partial charge in [0.1, 0.15) is 11.4 Å². The normalized spacial score (nSPS) is 45.9. The van der Waals surface area contributed by atoms with Gasteiger partial charge in [-0.2, -0.15) is 10.1 Å². The van der Waals surface area contributed by atoms with Crippen LogP contribution in [0, 0.1) is 23.7 Å². The summed E-state index contributed by atoms with van der Waals surface area (Å²) in [6, 6.07) is 0. The van der Waals surface area contributed by atoms with E-state index >= 15 is 0 Å². The van der Waals surface area contributed by atoms with Gasteiger partial charge in [0.15, 0.2) is 0 Å². The Morgan fingerprint density at radius 1 is 0.657 bits per heavy atom. The second kappa shape index (κ2) is 7.63. The van der Waals surface area contributed by atoms with Crippen molar-refractivity contribution in [3.05, 3.63) is 0 Å². The van der Waals surface area contributed by atoms with Crippen LogP contribution in [0.2, 0.25) is 0 Å². The lowest BCUT2D eigenvalue weighted by atomic mass is 9.94. The smallest absolute Gasteiger partial charge is 0.131 e. The summed E-state index contributed by atoms with van der Waals surface area (Å²) in [6.07, 6.45) is 1.01. The molecule has 8 nitrogen and oxygen atoms in total. The standard InChI is InChI=1S/C27H50N4O4/c1-12-17-35-31-24(6,7)20-21(25(31,8)9)27(20,34-11)29-15-13-28(14-16-29)26(33-10)18-19(26)23(4,5)30(32)22(18,2)3/h18-21,32H,12-17H2,1-11H3. The molecule has 5 rings (SSSR count). The number of hydroxylamine groups is 4. The van der Waals surface area contributed by atoms with Gasteiger partial charge >= 0.3 is 0 Å². The second-order valence-electron chi connectivity index (χ2n) is 13.9. The molecule has 5 fully saturated rings. The number of hydrogen-bond donors (Lipinski definition) is 1. The molecule has 0 aromatic carbocycles. The third-order valence-corrected chi connectivity index (χ3v) is 10.8. The number of piperazine rings is 1. The molecule has 0 aromatic rings. The van der Waals surface area contributed by atoms with Crippen LogP contribution in [0.3, 0.4) is 0 Å². The Morgan fingerprint density at radius 2 is 1.00 bits per heavy atom. The number of methoxy groups -OCH3 is 2. The molecule has 5 aliphatic rings. The summed E-state index contributed by atoms with van der Waals surface area (Å²) in [6.45, 7) is 24.6. The third-order valence-electron chi connectivity index (χ3n) is 10.8. The first-order valence-electron chi connectivity index (χ1n) is 13.7. The van der Waals surface area contributed by atoms with Gasteiger partial charge in [-0.15, -0.1) is 0 Å². The van der Waals surface area contributed by atoms with Crippen molar-refractivity contribution in [2.24, 2.45) is 23.7 Å². The van der Waals surface area contributed by atoms with E-state index in [-0.39, 0.29) is 45.4 Å². The van der Waals surface area contributed by atoms with Crippen molar-refractivity contribution >= 4 is 0 Å². The van der Waals surface area contributed by atoms with Gasteiger partial charge in [0, 0.05) is 86.2 Å². The van der Waals surface area contributed by atoms with E-state index in [1.54, 1.807) is 5.06 Å². The Labute approximate surface area is 212 Å². The predicted molar refractivity (Wildman–Crippen MR) is 135 cm³/mol. The molecule has 0 aromatic heterocycles. The van der Waals surface area contributed by atoms with Crippen LogP contribution in [-0.4, -0.2) is 106 Å². The minimum Gasteiger partial charge on any atom is -0.363 e. The number of nitrogens with zero attached hydrogens (tertiary/aromatic N) is 4. The van der Waals surface area contributed by atoms with E-state index in [1.807, 2.05) is 14.2 Å². The molecule has 3 saturated heterocycles. The molecule has 2 aliphatic carbocycles. The lowest BCUT2D eigenvalue weighted by Gasteiger charge is -2.51. The summed E-state index contributed by atoms with van der Waals surface area (Å²) in [7, 11) is 3.76. The van der Waals surface area contributed by atoms with Gasteiger partial charge in [-0.25, -0.2) is 0 Å². The number of rotatable bonds is 7. The fraction of sp³-hybridized carbons (Fsp3) is 1.00. The van der Waals surface area contributed by atoms with Crippen molar-refractivity contribution in [3.63, 3.8) is 0 Å². The molecule has 202 valence electrons. The van der Waals surface area contributed by atoms with Crippen LogP contribution >= 0.6 is 0 Å². The van der Waals surface area contributed by atoms with Gasteiger partial charge in [0.05, 0.1) is 6.61 Å². The zero-order valence-corrected chi connectivity index (χ0v) is 24.0. The fourth-order valence-electron chi connectivity index (χ4n) is 9.83. The van der Waals surface area contributed by atoms with Gasteiger partial charge in [0.25, 0.3) is 0 Å². The highest BCUT2D eigenvalue weighted by molar-refractivity contribution is 5.33. The van der Waals surface area contributed by atoms with Crippen molar-refractivity contribution in [3.8, 4) is 0 Å². The number of fused-ring (bicyclic) bond motifs is 2. The number of hydrogen-bond acceptors (Lipinski definition) is 8. The second-order valence-corrected chi connectivity index (χ2v) is 13.9. The fourth-order valence-corrected chi connectivity index (χ4v) is 9.83. The van der Waals surface area contributed by atoms with E-state index in [1.165, 1.54) is 0 Å². The van der Waals surface area contributed by atoms with Gasteiger partial charge in [0.2, 0.25) is 0 Å². The maximum Gasteiger partial charge on any atom is 0.131 e. The molecular formula is C27H50N4O4. The van der Waals surface area contributed by atoms with Gasteiger partial charge in [-0.3, -0.25) is 14.6 Å². The zero-order chi connectivity index (χ0) is 26.0. The molecule has 3 heterocycles. The highest BCUT2D eigenvalue weighted by Crippen LogP contribution is 2.74. The predicted octanol–water partition coefficient (Wildman–Crippen LogP) is 3.26.